The van der Waals surface area contributed by atoms with Crippen LogP contribution in [0.4, 0.5) is 5.69 Å². The molecular formula is C21H26BrNO3. The number of carbonyl (C=O) groups is 1. The molecule has 140 valence electrons. The van der Waals surface area contributed by atoms with Crippen molar-refractivity contribution >= 4 is 27.5 Å². The molecule has 2 aromatic rings. The molecule has 0 saturated heterocycles. The summed E-state index contributed by atoms with van der Waals surface area (Å²) in [6.45, 7) is 2.87. The highest BCUT2D eigenvalue weighted by Gasteiger charge is 2.05. The fourth-order valence-electron chi connectivity index (χ4n) is 2.43. The third-order valence-corrected chi connectivity index (χ3v) is 4.35. The lowest BCUT2D eigenvalue weighted by molar-refractivity contribution is -0.118. The second-order valence-corrected chi connectivity index (χ2v) is 7.00. The molecule has 5 heteroatoms. The van der Waals surface area contributed by atoms with Gasteiger partial charge >= 0.3 is 0 Å². The van der Waals surface area contributed by atoms with E-state index in [2.05, 4.69) is 28.2 Å². The van der Waals surface area contributed by atoms with Crippen LogP contribution in [0.5, 0.6) is 11.5 Å². The third kappa shape index (κ3) is 7.91. The lowest BCUT2D eigenvalue weighted by Crippen LogP contribution is -2.20. The van der Waals surface area contributed by atoms with Crippen LogP contribution in [0, 0.1) is 0 Å². The van der Waals surface area contributed by atoms with Crippen LogP contribution >= 0.6 is 15.9 Å². The van der Waals surface area contributed by atoms with Crippen molar-refractivity contribution in [1.82, 2.24) is 0 Å². The van der Waals surface area contributed by atoms with Gasteiger partial charge in [0.1, 0.15) is 11.5 Å². The second kappa shape index (κ2) is 11.6. The number of carbonyl (C=O) groups excluding carboxylic acids is 1. The lowest BCUT2D eigenvalue weighted by Gasteiger charge is -2.10. The van der Waals surface area contributed by atoms with Crippen LogP contribution in [0.2, 0.25) is 0 Å². The van der Waals surface area contributed by atoms with Gasteiger partial charge in [0.15, 0.2) is 6.61 Å². The Bertz CT molecular complexity index is 673. The molecule has 1 N–H and O–H groups in total. The normalized spacial score (nSPS) is 10.4. The van der Waals surface area contributed by atoms with Crippen molar-refractivity contribution in [2.24, 2.45) is 0 Å². The van der Waals surface area contributed by atoms with Crippen LogP contribution in [0.1, 0.15) is 39.0 Å². The van der Waals surface area contributed by atoms with Gasteiger partial charge in [0.25, 0.3) is 5.91 Å². The van der Waals surface area contributed by atoms with E-state index in [1.165, 1.54) is 25.7 Å². The zero-order chi connectivity index (χ0) is 18.6. The van der Waals surface area contributed by atoms with Crippen molar-refractivity contribution in [2.45, 2.75) is 39.0 Å². The van der Waals surface area contributed by atoms with E-state index < -0.39 is 0 Å². The monoisotopic (exact) mass is 419 g/mol. The Kier molecular flexibility index (Phi) is 9.04. The summed E-state index contributed by atoms with van der Waals surface area (Å²) in [5.74, 6) is 1.19. The van der Waals surface area contributed by atoms with E-state index in [4.69, 9.17) is 9.47 Å². The van der Waals surface area contributed by atoms with Gasteiger partial charge in [-0.1, -0.05) is 54.6 Å². The van der Waals surface area contributed by atoms with Gasteiger partial charge in [-0.25, -0.2) is 0 Å². The fraction of sp³-hybridized carbons (Fsp3) is 0.381. The molecule has 2 aromatic carbocycles. The minimum Gasteiger partial charge on any atom is -0.493 e. The number of benzene rings is 2. The smallest absolute Gasteiger partial charge is 0.262 e. The molecule has 0 aliphatic carbocycles. The Morgan fingerprint density at radius 2 is 1.65 bits per heavy atom. The Morgan fingerprint density at radius 3 is 2.38 bits per heavy atom. The van der Waals surface area contributed by atoms with Crippen molar-refractivity contribution < 1.29 is 14.3 Å². The number of hydrogen-bond acceptors (Lipinski definition) is 3. The van der Waals surface area contributed by atoms with E-state index in [1.54, 1.807) is 0 Å². The van der Waals surface area contributed by atoms with Crippen molar-refractivity contribution in [3.63, 3.8) is 0 Å². The molecule has 0 aliphatic heterocycles. The summed E-state index contributed by atoms with van der Waals surface area (Å²) in [5, 5.41) is 2.80. The molecule has 0 atom stereocenters. The van der Waals surface area contributed by atoms with Crippen LogP contribution in [0.25, 0.3) is 0 Å². The molecule has 0 spiro atoms. The molecule has 4 nitrogen and oxygen atoms in total. The average molecular weight is 420 g/mol. The highest BCUT2D eigenvalue weighted by molar-refractivity contribution is 9.10. The molecule has 0 radical (unpaired) electrons. The molecule has 1 amide bonds. The minimum atomic E-state index is -0.199. The first kappa shape index (κ1) is 20.3. The van der Waals surface area contributed by atoms with Crippen LogP contribution in [-0.4, -0.2) is 19.1 Å². The number of anilines is 1. The molecule has 0 aromatic heterocycles. The maximum absolute atomic E-state index is 12.0. The van der Waals surface area contributed by atoms with Gasteiger partial charge in [0.2, 0.25) is 0 Å². The Morgan fingerprint density at radius 1 is 0.962 bits per heavy atom. The molecular weight excluding hydrogens is 394 g/mol. The van der Waals surface area contributed by atoms with E-state index in [9.17, 15) is 4.79 Å². The van der Waals surface area contributed by atoms with Gasteiger partial charge in [0, 0.05) is 16.2 Å². The summed E-state index contributed by atoms with van der Waals surface area (Å²) in [7, 11) is 0. The molecule has 0 bridgehead atoms. The first-order chi connectivity index (χ1) is 12.7. The summed E-state index contributed by atoms with van der Waals surface area (Å²) < 4.78 is 12.3. The lowest BCUT2D eigenvalue weighted by atomic mass is 10.2. The number of unbranched alkanes of at least 4 members (excludes halogenated alkanes) is 4. The molecule has 0 fully saturated rings. The van der Waals surface area contributed by atoms with Gasteiger partial charge in [-0.15, -0.1) is 0 Å². The molecule has 0 saturated carbocycles. The number of hydrogen-bond donors (Lipinski definition) is 1. The summed E-state index contributed by atoms with van der Waals surface area (Å²) >= 11 is 3.36. The number of amides is 1. The van der Waals surface area contributed by atoms with Gasteiger partial charge in [0.05, 0.1) is 6.61 Å². The van der Waals surface area contributed by atoms with Crippen molar-refractivity contribution in [3.8, 4) is 11.5 Å². The van der Waals surface area contributed by atoms with Gasteiger partial charge in [-0.3, -0.25) is 4.79 Å². The standard InChI is InChI=1S/C21H26BrNO3/c1-2-3-4-5-6-14-25-19-8-7-9-20(15-19)26-16-21(24)23-18-12-10-17(22)11-13-18/h7-13,15H,2-6,14,16H2,1H3,(H,23,24). The van der Waals surface area contributed by atoms with E-state index in [1.807, 2.05) is 48.5 Å². The van der Waals surface area contributed by atoms with E-state index in [0.717, 1.165) is 22.3 Å². The molecule has 0 aliphatic rings. The molecule has 2 rings (SSSR count). The first-order valence-corrected chi connectivity index (χ1v) is 9.88. The van der Waals surface area contributed by atoms with E-state index in [0.29, 0.717) is 12.4 Å². The molecule has 0 heterocycles. The summed E-state index contributed by atoms with van der Waals surface area (Å²) in [6.07, 6.45) is 6.04. The maximum atomic E-state index is 12.0. The number of rotatable bonds is 11. The minimum absolute atomic E-state index is 0.0451. The summed E-state index contributed by atoms with van der Waals surface area (Å²) in [5.41, 5.74) is 0.738. The van der Waals surface area contributed by atoms with Crippen molar-refractivity contribution in [3.05, 3.63) is 53.0 Å². The summed E-state index contributed by atoms with van der Waals surface area (Å²) in [4.78, 5) is 12.0. The fourth-order valence-corrected chi connectivity index (χ4v) is 2.69. The van der Waals surface area contributed by atoms with E-state index in [-0.39, 0.29) is 12.5 Å². The number of ether oxygens (including phenoxy) is 2. The summed E-state index contributed by atoms with van der Waals surface area (Å²) in [6, 6.07) is 14.8. The topological polar surface area (TPSA) is 47.6 Å². The van der Waals surface area contributed by atoms with Gasteiger partial charge in [-0.2, -0.15) is 0 Å². The van der Waals surface area contributed by atoms with Crippen LogP contribution in [0.3, 0.4) is 0 Å². The number of nitrogens with one attached hydrogen (secondary N) is 1. The number of halogens is 1. The predicted octanol–water partition coefficient (Wildman–Crippen LogP) is 5.82. The second-order valence-electron chi connectivity index (χ2n) is 6.08. The highest BCUT2D eigenvalue weighted by atomic mass is 79.9. The quantitative estimate of drug-likeness (QED) is 0.467. The van der Waals surface area contributed by atoms with Crippen LogP contribution in [0.15, 0.2) is 53.0 Å². The Labute approximate surface area is 164 Å². The van der Waals surface area contributed by atoms with Crippen LogP contribution in [-0.2, 0) is 4.79 Å². The Hall–Kier alpha value is -2.01. The zero-order valence-corrected chi connectivity index (χ0v) is 16.8. The van der Waals surface area contributed by atoms with Gasteiger partial charge < -0.3 is 14.8 Å². The third-order valence-electron chi connectivity index (χ3n) is 3.82. The van der Waals surface area contributed by atoms with Crippen LogP contribution < -0.4 is 14.8 Å². The maximum Gasteiger partial charge on any atom is 0.262 e. The first-order valence-electron chi connectivity index (χ1n) is 9.08. The van der Waals surface area contributed by atoms with Crippen molar-refractivity contribution in [1.29, 1.82) is 0 Å². The Balaban J connectivity index is 1.71. The molecule has 26 heavy (non-hydrogen) atoms. The predicted molar refractivity (Wildman–Crippen MR) is 109 cm³/mol. The SMILES string of the molecule is CCCCCCCOc1cccc(OCC(=O)Nc2ccc(Br)cc2)c1. The van der Waals surface area contributed by atoms with E-state index >= 15 is 0 Å². The highest BCUT2D eigenvalue weighted by Crippen LogP contribution is 2.20. The largest absolute Gasteiger partial charge is 0.493 e. The average Bonchev–Trinajstić information content (AvgIpc) is 2.65. The van der Waals surface area contributed by atoms with Crippen molar-refractivity contribution in [2.75, 3.05) is 18.5 Å². The van der Waals surface area contributed by atoms with Gasteiger partial charge in [-0.05, 0) is 42.8 Å². The zero-order valence-electron chi connectivity index (χ0n) is 15.2. The molecule has 0 unspecified atom stereocenters.